The molecule has 7 heteroatoms. The second-order valence-electron chi connectivity index (χ2n) is 5.67. The monoisotopic (exact) mass is 352 g/mol. The number of amidine groups is 1. The summed E-state index contributed by atoms with van der Waals surface area (Å²) in [7, 11) is 0. The van der Waals surface area contributed by atoms with E-state index in [1.165, 1.54) is 0 Å². The van der Waals surface area contributed by atoms with E-state index >= 15 is 0 Å². The van der Waals surface area contributed by atoms with Gasteiger partial charge >= 0.3 is 0 Å². The number of aromatic hydroxyl groups is 1. The second-order valence-corrected chi connectivity index (χ2v) is 6.74. The van der Waals surface area contributed by atoms with Crippen molar-refractivity contribution in [3.05, 3.63) is 54.4 Å². The minimum Gasteiger partial charge on any atom is -0.508 e. The number of rotatable bonds is 2. The highest BCUT2D eigenvalue weighted by Gasteiger charge is 2.22. The highest BCUT2D eigenvalue weighted by molar-refractivity contribution is 8.14. The normalized spacial score (nSPS) is 16.5. The van der Waals surface area contributed by atoms with Gasteiger partial charge in [-0.05, 0) is 30.7 Å². The van der Waals surface area contributed by atoms with Crippen LogP contribution >= 0.6 is 11.8 Å². The molecule has 0 radical (unpaired) electrons. The number of aromatic nitrogens is 2. The zero-order valence-electron chi connectivity index (χ0n) is 13.3. The molecular formula is C18H16N4O2S. The predicted octanol–water partition coefficient (Wildman–Crippen LogP) is 3.41. The number of hydrogen-bond acceptors (Lipinski definition) is 4. The first-order valence-electron chi connectivity index (χ1n) is 7.97. The molecule has 0 atom stereocenters. The van der Waals surface area contributed by atoms with Gasteiger partial charge in [0, 0.05) is 41.8 Å². The second kappa shape index (κ2) is 6.60. The number of phenols is 1. The van der Waals surface area contributed by atoms with Gasteiger partial charge in [0.2, 0.25) is 0 Å². The Morgan fingerprint density at radius 1 is 1.32 bits per heavy atom. The summed E-state index contributed by atoms with van der Waals surface area (Å²) >= 11 is 1.55. The molecule has 0 aliphatic carbocycles. The highest BCUT2D eigenvalue weighted by atomic mass is 32.2. The van der Waals surface area contributed by atoms with Crippen molar-refractivity contribution in [2.75, 3.05) is 17.2 Å². The molecule has 4 rings (SSSR count). The molecule has 126 valence electrons. The SMILES string of the molecule is O=C(/N=C1\SCCCN1c1cccc(O)c1)c1c[nH]c2ncccc12. The van der Waals surface area contributed by atoms with E-state index in [1.54, 1.807) is 48.4 Å². The predicted molar refractivity (Wildman–Crippen MR) is 100 cm³/mol. The lowest BCUT2D eigenvalue weighted by Gasteiger charge is -2.29. The minimum absolute atomic E-state index is 0.196. The van der Waals surface area contributed by atoms with Crippen LogP contribution in [-0.2, 0) is 0 Å². The van der Waals surface area contributed by atoms with Crippen LogP contribution in [0.5, 0.6) is 5.75 Å². The lowest BCUT2D eigenvalue weighted by Crippen LogP contribution is -2.34. The number of benzene rings is 1. The number of nitrogens with one attached hydrogen (secondary N) is 1. The summed E-state index contributed by atoms with van der Waals surface area (Å²) in [6.07, 6.45) is 4.32. The molecule has 2 N–H and O–H groups in total. The molecule has 2 aromatic heterocycles. The number of H-pyrrole nitrogens is 1. The molecule has 0 saturated carbocycles. The molecule has 1 aliphatic rings. The maximum Gasteiger partial charge on any atom is 0.281 e. The number of phenolic OH excluding ortho intramolecular Hbond substituents is 1. The fourth-order valence-electron chi connectivity index (χ4n) is 2.83. The zero-order chi connectivity index (χ0) is 17.2. The smallest absolute Gasteiger partial charge is 0.281 e. The van der Waals surface area contributed by atoms with Gasteiger partial charge < -0.3 is 15.0 Å². The van der Waals surface area contributed by atoms with E-state index in [9.17, 15) is 9.90 Å². The number of carbonyl (C=O) groups is 1. The van der Waals surface area contributed by atoms with E-state index in [0.717, 1.165) is 29.8 Å². The van der Waals surface area contributed by atoms with Crippen molar-refractivity contribution in [1.29, 1.82) is 0 Å². The van der Waals surface area contributed by atoms with Crippen molar-refractivity contribution in [3.63, 3.8) is 0 Å². The fraction of sp³-hybridized carbons (Fsp3) is 0.167. The van der Waals surface area contributed by atoms with Crippen molar-refractivity contribution in [3.8, 4) is 5.75 Å². The number of aromatic amines is 1. The third-order valence-corrected chi connectivity index (χ3v) is 5.07. The van der Waals surface area contributed by atoms with Crippen LogP contribution in [0.25, 0.3) is 11.0 Å². The average Bonchev–Trinajstić information content (AvgIpc) is 3.06. The Morgan fingerprint density at radius 3 is 3.12 bits per heavy atom. The minimum atomic E-state index is -0.297. The van der Waals surface area contributed by atoms with E-state index in [0.29, 0.717) is 16.4 Å². The molecule has 1 amide bonds. The van der Waals surface area contributed by atoms with Crippen LogP contribution in [0, 0.1) is 0 Å². The van der Waals surface area contributed by atoms with Gasteiger partial charge in [0.05, 0.1) is 5.56 Å². The molecule has 25 heavy (non-hydrogen) atoms. The summed E-state index contributed by atoms with van der Waals surface area (Å²) in [5.74, 6) is 0.812. The molecule has 1 aliphatic heterocycles. The van der Waals surface area contributed by atoms with Crippen LogP contribution < -0.4 is 4.90 Å². The number of nitrogens with zero attached hydrogens (tertiary/aromatic N) is 3. The number of amides is 1. The first-order valence-corrected chi connectivity index (χ1v) is 8.95. The standard InChI is InChI=1S/C18H16N4O2S/c23-13-5-1-4-12(10-13)22-8-3-9-25-18(22)21-17(24)15-11-20-16-14(15)6-2-7-19-16/h1-2,4-7,10-11,23H,3,8-9H2,(H,19,20)/b21-18-. The first-order chi connectivity index (χ1) is 12.2. The van der Waals surface area contributed by atoms with Gasteiger partial charge in [-0.2, -0.15) is 4.99 Å². The number of carbonyl (C=O) groups excluding carboxylic acids is 1. The summed E-state index contributed by atoms with van der Waals surface area (Å²) < 4.78 is 0. The quantitative estimate of drug-likeness (QED) is 0.739. The number of thioether (sulfide) groups is 1. The van der Waals surface area contributed by atoms with Gasteiger partial charge in [-0.3, -0.25) is 4.79 Å². The first kappa shape index (κ1) is 15.7. The van der Waals surface area contributed by atoms with Crippen molar-refractivity contribution in [2.24, 2.45) is 4.99 Å². The summed E-state index contributed by atoms with van der Waals surface area (Å²) in [6, 6.07) is 10.7. The molecule has 0 unspecified atom stereocenters. The van der Waals surface area contributed by atoms with Crippen molar-refractivity contribution in [2.45, 2.75) is 6.42 Å². The van der Waals surface area contributed by atoms with Gasteiger partial charge in [-0.25, -0.2) is 4.98 Å². The topological polar surface area (TPSA) is 81.6 Å². The number of hydrogen-bond donors (Lipinski definition) is 2. The molecule has 1 saturated heterocycles. The van der Waals surface area contributed by atoms with Crippen LogP contribution in [0.15, 0.2) is 53.8 Å². The van der Waals surface area contributed by atoms with E-state index < -0.39 is 0 Å². The van der Waals surface area contributed by atoms with E-state index in [1.807, 2.05) is 17.0 Å². The Balaban J connectivity index is 1.69. The Bertz CT molecular complexity index is 966. The maximum atomic E-state index is 12.7. The van der Waals surface area contributed by atoms with Gasteiger partial charge in [0.15, 0.2) is 5.17 Å². The van der Waals surface area contributed by atoms with Crippen LogP contribution in [0.4, 0.5) is 5.69 Å². The third kappa shape index (κ3) is 3.10. The molecule has 3 aromatic rings. The van der Waals surface area contributed by atoms with E-state index in [2.05, 4.69) is 15.0 Å². The zero-order valence-corrected chi connectivity index (χ0v) is 14.2. The third-order valence-electron chi connectivity index (χ3n) is 4.01. The molecule has 0 bridgehead atoms. The Morgan fingerprint density at radius 2 is 2.24 bits per heavy atom. The molecule has 1 fully saturated rings. The lowest BCUT2D eigenvalue weighted by atomic mass is 10.2. The number of anilines is 1. The molecule has 6 nitrogen and oxygen atoms in total. The highest BCUT2D eigenvalue weighted by Crippen LogP contribution is 2.28. The van der Waals surface area contributed by atoms with Gasteiger partial charge in [0.25, 0.3) is 5.91 Å². The number of fused-ring (bicyclic) bond motifs is 1. The van der Waals surface area contributed by atoms with Crippen LogP contribution in [0.2, 0.25) is 0 Å². The Kier molecular flexibility index (Phi) is 4.15. The number of pyridine rings is 1. The summed E-state index contributed by atoms with van der Waals surface area (Å²) in [4.78, 5) is 26.2. The van der Waals surface area contributed by atoms with Crippen LogP contribution in [-0.4, -0.2) is 38.4 Å². The lowest BCUT2D eigenvalue weighted by molar-refractivity contribution is 0.100. The molecule has 0 spiro atoms. The average molecular weight is 352 g/mol. The summed E-state index contributed by atoms with van der Waals surface area (Å²) in [5.41, 5.74) is 2.02. The summed E-state index contributed by atoms with van der Waals surface area (Å²) in [5, 5.41) is 11.1. The van der Waals surface area contributed by atoms with Crippen molar-refractivity contribution < 1.29 is 9.90 Å². The molecule has 1 aromatic carbocycles. The summed E-state index contributed by atoms with van der Waals surface area (Å²) in [6.45, 7) is 0.762. The Hall–Kier alpha value is -2.80. The van der Waals surface area contributed by atoms with Crippen LogP contribution in [0.1, 0.15) is 16.8 Å². The van der Waals surface area contributed by atoms with Gasteiger partial charge in [0.1, 0.15) is 11.4 Å². The largest absolute Gasteiger partial charge is 0.508 e. The van der Waals surface area contributed by atoms with E-state index in [-0.39, 0.29) is 11.7 Å². The maximum absolute atomic E-state index is 12.7. The van der Waals surface area contributed by atoms with E-state index in [4.69, 9.17) is 0 Å². The Labute approximate surface area is 148 Å². The van der Waals surface area contributed by atoms with Crippen LogP contribution in [0.3, 0.4) is 0 Å². The molecular weight excluding hydrogens is 336 g/mol. The van der Waals surface area contributed by atoms with Crippen molar-refractivity contribution in [1.82, 2.24) is 9.97 Å². The van der Waals surface area contributed by atoms with Gasteiger partial charge in [-0.1, -0.05) is 17.8 Å². The molecule has 3 heterocycles. The van der Waals surface area contributed by atoms with Gasteiger partial charge in [-0.15, -0.1) is 0 Å². The van der Waals surface area contributed by atoms with Crippen molar-refractivity contribution >= 4 is 39.6 Å². The number of aliphatic imine (C=N–C) groups is 1. The fourth-order valence-corrected chi connectivity index (χ4v) is 3.79.